The number of non-ortho nitro benzene ring substituents is 1. The predicted molar refractivity (Wildman–Crippen MR) is 86.3 cm³/mol. The average Bonchev–Trinajstić information content (AvgIpc) is 2.89. The smallest absolute Gasteiger partial charge is 0.343 e. The van der Waals surface area contributed by atoms with E-state index in [4.69, 9.17) is 4.74 Å². The molecule has 1 aliphatic rings. The van der Waals surface area contributed by atoms with Crippen molar-refractivity contribution in [1.82, 2.24) is 0 Å². The van der Waals surface area contributed by atoms with Gasteiger partial charge in [-0.2, -0.15) is 0 Å². The molecule has 0 N–H and O–H groups in total. The number of ether oxygens (including phenoxy) is 1. The molecular weight excluding hydrogens is 294 g/mol. The maximum atomic E-state index is 12.0. The number of rotatable bonds is 3. The highest BCUT2D eigenvalue weighted by Crippen LogP contribution is 2.28. The summed E-state index contributed by atoms with van der Waals surface area (Å²) in [6.07, 6.45) is 3.22. The number of carbonyl (C=O) groups is 1. The number of hydrogen-bond donors (Lipinski definition) is 0. The van der Waals surface area contributed by atoms with Gasteiger partial charge in [-0.15, -0.1) is 0 Å². The molecule has 23 heavy (non-hydrogen) atoms. The molecule has 114 valence electrons. The van der Waals surface area contributed by atoms with Crippen LogP contribution < -0.4 is 0 Å². The SMILES string of the molecule is Cc1ccc(C2=C/C(=C\c3cccc([N+](=O)[O-])c3)C(=O)O2)cc1. The van der Waals surface area contributed by atoms with Gasteiger partial charge in [0.25, 0.3) is 5.69 Å². The second kappa shape index (κ2) is 5.88. The zero-order valence-corrected chi connectivity index (χ0v) is 12.4. The Hall–Kier alpha value is -3.21. The molecule has 2 aromatic rings. The van der Waals surface area contributed by atoms with E-state index in [2.05, 4.69) is 0 Å². The first-order chi connectivity index (χ1) is 11.0. The number of hydrogen-bond acceptors (Lipinski definition) is 4. The molecule has 0 unspecified atom stereocenters. The van der Waals surface area contributed by atoms with Crippen molar-refractivity contribution in [2.24, 2.45) is 0 Å². The second-order valence-corrected chi connectivity index (χ2v) is 5.22. The van der Waals surface area contributed by atoms with Crippen LogP contribution in [0.3, 0.4) is 0 Å². The molecule has 2 aromatic carbocycles. The van der Waals surface area contributed by atoms with Gasteiger partial charge in [0.1, 0.15) is 5.76 Å². The van der Waals surface area contributed by atoms with E-state index in [0.717, 1.165) is 11.1 Å². The lowest BCUT2D eigenvalue weighted by atomic mass is 10.1. The van der Waals surface area contributed by atoms with Gasteiger partial charge in [-0.25, -0.2) is 4.79 Å². The summed E-state index contributed by atoms with van der Waals surface area (Å²) in [5, 5.41) is 10.8. The van der Waals surface area contributed by atoms with Crippen molar-refractivity contribution in [3.63, 3.8) is 0 Å². The summed E-state index contributed by atoms with van der Waals surface area (Å²) in [4.78, 5) is 22.3. The van der Waals surface area contributed by atoms with Crippen molar-refractivity contribution >= 4 is 23.5 Å². The van der Waals surface area contributed by atoms with E-state index in [9.17, 15) is 14.9 Å². The highest BCUT2D eigenvalue weighted by molar-refractivity contribution is 6.05. The molecule has 0 radical (unpaired) electrons. The van der Waals surface area contributed by atoms with E-state index in [-0.39, 0.29) is 5.69 Å². The first-order valence-corrected chi connectivity index (χ1v) is 7.00. The van der Waals surface area contributed by atoms with Gasteiger partial charge in [-0.1, -0.05) is 42.0 Å². The summed E-state index contributed by atoms with van der Waals surface area (Å²) >= 11 is 0. The summed E-state index contributed by atoms with van der Waals surface area (Å²) in [5.41, 5.74) is 2.85. The summed E-state index contributed by atoms with van der Waals surface area (Å²) in [5.74, 6) is 0.0127. The number of nitro benzene ring substituents is 1. The molecule has 0 amide bonds. The monoisotopic (exact) mass is 307 g/mol. The van der Waals surface area contributed by atoms with E-state index in [1.807, 2.05) is 31.2 Å². The highest BCUT2D eigenvalue weighted by atomic mass is 16.6. The van der Waals surface area contributed by atoms with Crippen molar-refractivity contribution in [3.05, 3.63) is 87.0 Å². The minimum absolute atomic E-state index is 0.0200. The molecule has 0 atom stereocenters. The van der Waals surface area contributed by atoms with Gasteiger partial charge < -0.3 is 4.74 Å². The first-order valence-electron chi connectivity index (χ1n) is 7.00. The van der Waals surface area contributed by atoms with Crippen molar-refractivity contribution in [2.45, 2.75) is 6.92 Å². The van der Waals surface area contributed by atoms with Crippen LogP contribution >= 0.6 is 0 Å². The number of benzene rings is 2. The normalized spacial score (nSPS) is 15.4. The quantitative estimate of drug-likeness (QED) is 0.373. The molecule has 0 spiro atoms. The molecule has 1 aliphatic heterocycles. The van der Waals surface area contributed by atoms with Gasteiger partial charge in [-0.3, -0.25) is 10.1 Å². The maximum absolute atomic E-state index is 12.0. The topological polar surface area (TPSA) is 69.4 Å². The van der Waals surface area contributed by atoms with Gasteiger partial charge in [-0.05, 0) is 24.6 Å². The Morgan fingerprint density at radius 3 is 2.57 bits per heavy atom. The number of esters is 1. The van der Waals surface area contributed by atoms with Gasteiger partial charge in [0.15, 0.2) is 0 Å². The first kappa shape index (κ1) is 14.7. The van der Waals surface area contributed by atoms with E-state index in [1.54, 1.807) is 24.3 Å². The Labute approximate surface area is 132 Å². The largest absolute Gasteiger partial charge is 0.422 e. The fourth-order valence-electron chi connectivity index (χ4n) is 2.26. The van der Waals surface area contributed by atoms with Crippen molar-refractivity contribution in [1.29, 1.82) is 0 Å². The zero-order valence-electron chi connectivity index (χ0n) is 12.4. The van der Waals surface area contributed by atoms with Crippen molar-refractivity contribution < 1.29 is 14.5 Å². The third kappa shape index (κ3) is 3.18. The third-order valence-corrected chi connectivity index (χ3v) is 3.46. The molecule has 0 saturated heterocycles. The number of aryl methyl sites for hydroxylation is 1. The number of nitro groups is 1. The summed E-state index contributed by atoms with van der Waals surface area (Å²) in [6, 6.07) is 13.7. The lowest BCUT2D eigenvalue weighted by molar-refractivity contribution is -0.384. The van der Waals surface area contributed by atoms with Gasteiger partial charge in [0.05, 0.1) is 10.5 Å². The van der Waals surface area contributed by atoms with Crippen LogP contribution in [0.15, 0.2) is 60.2 Å². The van der Waals surface area contributed by atoms with E-state index in [0.29, 0.717) is 16.9 Å². The van der Waals surface area contributed by atoms with Gasteiger partial charge in [0, 0.05) is 17.7 Å². The molecule has 5 heteroatoms. The molecule has 0 aliphatic carbocycles. The molecule has 0 aromatic heterocycles. The van der Waals surface area contributed by atoms with Gasteiger partial charge in [0.2, 0.25) is 0 Å². The molecule has 0 saturated carbocycles. The third-order valence-electron chi connectivity index (χ3n) is 3.46. The lowest BCUT2D eigenvalue weighted by Crippen LogP contribution is -1.97. The van der Waals surface area contributed by atoms with Crippen LogP contribution in [0.5, 0.6) is 0 Å². The standard InChI is InChI=1S/C18H13NO4/c1-12-5-7-14(8-6-12)17-11-15(18(20)23-17)9-13-3-2-4-16(10-13)19(21)22/h2-11H,1H3/b15-9+. The maximum Gasteiger partial charge on any atom is 0.343 e. The fraction of sp³-hybridized carbons (Fsp3) is 0.0556. The number of nitrogens with zero attached hydrogens (tertiary/aromatic N) is 1. The number of cyclic esters (lactones) is 1. The second-order valence-electron chi connectivity index (χ2n) is 5.22. The van der Waals surface area contributed by atoms with Crippen LogP contribution in [0.4, 0.5) is 5.69 Å². The Morgan fingerprint density at radius 2 is 1.87 bits per heavy atom. The summed E-state index contributed by atoms with van der Waals surface area (Å²) < 4.78 is 5.27. The van der Waals surface area contributed by atoms with Crippen LogP contribution in [0.25, 0.3) is 11.8 Å². The summed E-state index contributed by atoms with van der Waals surface area (Å²) in [7, 11) is 0. The van der Waals surface area contributed by atoms with Crippen molar-refractivity contribution in [3.8, 4) is 0 Å². The minimum atomic E-state index is -0.470. The van der Waals surface area contributed by atoms with Crippen LogP contribution in [-0.4, -0.2) is 10.9 Å². The Balaban J connectivity index is 1.93. The number of carbonyl (C=O) groups excluding carboxylic acids is 1. The van der Waals surface area contributed by atoms with E-state index in [1.165, 1.54) is 12.1 Å². The molecule has 1 heterocycles. The van der Waals surface area contributed by atoms with Crippen LogP contribution in [0.2, 0.25) is 0 Å². The van der Waals surface area contributed by atoms with E-state index < -0.39 is 10.9 Å². The fourth-order valence-corrected chi connectivity index (χ4v) is 2.26. The van der Waals surface area contributed by atoms with Gasteiger partial charge >= 0.3 is 5.97 Å². The minimum Gasteiger partial charge on any atom is -0.422 e. The molecule has 5 nitrogen and oxygen atoms in total. The van der Waals surface area contributed by atoms with Crippen LogP contribution in [-0.2, 0) is 9.53 Å². The Bertz CT molecular complexity index is 848. The lowest BCUT2D eigenvalue weighted by Gasteiger charge is -2.01. The average molecular weight is 307 g/mol. The van der Waals surface area contributed by atoms with E-state index >= 15 is 0 Å². The van der Waals surface area contributed by atoms with Crippen LogP contribution in [0.1, 0.15) is 16.7 Å². The molecular formula is C18H13NO4. The zero-order chi connectivity index (χ0) is 16.4. The highest BCUT2D eigenvalue weighted by Gasteiger charge is 2.22. The molecule has 0 bridgehead atoms. The molecule has 0 fully saturated rings. The Kier molecular flexibility index (Phi) is 3.76. The predicted octanol–water partition coefficient (Wildman–Crippen LogP) is 3.88. The Morgan fingerprint density at radius 1 is 1.13 bits per heavy atom. The van der Waals surface area contributed by atoms with Crippen molar-refractivity contribution in [2.75, 3.05) is 0 Å². The summed E-state index contributed by atoms with van der Waals surface area (Å²) in [6.45, 7) is 1.98. The molecule has 3 rings (SSSR count). The van der Waals surface area contributed by atoms with Crippen LogP contribution in [0, 0.1) is 17.0 Å².